The predicted octanol–water partition coefficient (Wildman–Crippen LogP) is 5.05. The van der Waals surface area contributed by atoms with Gasteiger partial charge in [0.05, 0.1) is 13.2 Å². The van der Waals surface area contributed by atoms with E-state index in [4.69, 9.17) is 16.3 Å². The first kappa shape index (κ1) is 22.3. The van der Waals surface area contributed by atoms with Crippen molar-refractivity contribution < 1.29 is 9.53 Å². The molecule has 2 N–H and O–H groups in total. The Morgan fingerprint density at radius 3 is 2.75 bits per heavy atom. The summed E-state index contributed by atoms with van der Waals surface area (Å²) in [5, 5.41) is 7.95. The standard InChI is InChI=1S/C22H32ClN3O2/c1-4-8-21(25-22(27)17-9-6-5-7-10-17)26-24-14-18-13-19(23)11-12-20(18)28-15-16(2)3/h4,8,11-13,16-17,24H,5-7,9-10,14-15H2,1-3H3,(H,25,26,27)/b8-4+. The van der Waals surface area contributed by atoms with Gasteiger partial charge in [-0.05, 0) is 50.0 Å². The fraction of sp³-hybridized carbons (Fsp3) is 0.545. The highest BCUT2D eigenvalue weighted by atomic mass is 35.5. The molecule has 0 bridgehead atoms. The van der Waals surface area contributed by atoms with Crippen molar-refractivity contribution in [3.8, 4) is 5.75 Å². The summed E-state index contributed by atoms with van der Waals surface area (Å²) in [5.41, 5.74) is 3.96. The van der Waals surface area contributed by atoms with Crippen LogP contribution in [-0.2, 0) is 11.3 Å². The summed E-state index contributed by atoms with van der Waals surface area (Å²) in [5.74, 6) is 1.89. The average molecular weight is 406 g/mol. The van der Waals surface area contributed by atoms with Gasteiger partial charge in [0.1, 0.15) is 5.75 Å². The van der Waals surface area contributed by atoms with Crippen LogP contribution in [0, 0.1) is 11.8 Å². The molecular formula is C22H32ClN3O2. The second-order valence-corrected chi connectivity index (χ2v) is 8.05. The van der Waals surface area contributed by atoms with Crippen LogP contribution in [0.4, 0.5) is 0 Å². The Balaban J connectivity index is 1.99. The van der Waals surface area contributed by atoms with Gasteiger partial charge in [-0.15, -0.1) is 0 Å². The zero-order valence-corrected chi connectivity index (χ0v) is 17.9. The van der Waals surface area contributed by atoms with E-state index in [9.17, 15) is 4.79 Å². The number of rotatable bonds is 8. The molecule has 0 saturated heterocycles. The molecule has 5 nitrogen and oxygen atoms in total. The summed E-state index contributed by atoms with van der Waals surface area (Å²) in [6, 6.07) is 5.57. The lowest BCUT2D eigenvalue weighted by molar-refractivity contribution is -0.124. The molecule has 1 aromatic carbocycles. The van der Waals surface area contributed by atoms with Crippen molar-refractivity contribution in [1.29, 1.82) is 0 Å². The maximum atomic E-state index is 12.5. The first-order valence-electron chi connectivity index (χ1n) is 10.1. The highest BCUT2D eigenvalue weighted by molar-refractivity contribution is 6.30. The Hall–Kier alpha value is -2.01. The van der Waals surface area contributed by atoms with Crippen molar-refractivity contribution in [3.63, 3.8) is 0 Å². The molecule has 1 fully saturated rings. The van der Waals surface area contributed by atoms with Gasteiger partial charge >= 0.3 is 0 Å². The van der Waals surface area contributed by atoms with Crippen LogP contribution in [0.25, 0.3) is 0 Å². The number of allylic oxidation sites excluding steroid dienone is 1. The third kappa shape index (κ3) is 7.55. The molecule has 1 aliphatic rings. The Morgan fingerprint density at radius 1 is 1.32 bits per heavy atom. The van der Waals surface area contributed by atoms with Gasteiger partial charge in [0.25, 0.3) is 0 Å². The van der Waals surface area contributed by atoms with Crippen molar-refractivity contribution in [1.82, 2.24) is 10.7 Å². The number of hydrogen-bond donors (Lipinski definition) is 2. The molecule has 0 spiro atoms. The van der Waals surface area contributed by atoms with Gasteiger partial charge in [0.2, 0.25) is 5.91 Å². The molecule has 1 aromatic rings. The Labute approximate surface area is 173 Å². The molecule has 0 heterocycles. The van der Waals surface area contributed by atoms with Crippen molar-refractivity contribution in [2.24, 2.45) is 16.9 Å². The molecule has 0 unspecified atom stereocenters. The number of amidine groups is 1. The van der Waals surface area contributed by atoms with Crippen LogP contribution < -0.4 is 15.5 Å². The fourth-order valence-corrected chi connectivity index (χ4v) is 3.35. The molecule has 6 heteroatoms. The number of carbonyl (C=O) groups excluding carboxylic acids is 1. The predicted molar refractivity (Wildman–Crippen MR) is 116 cm³/mol. The lowest BCUT2D eigenvalue weighted by Gasteiger charge is -2.20. The minimum atomic E-state index is 0.0575. The van der Waals surface area contributed by atoms with Crippen LogP contribution in [0.2, 0.25) is 5.02 Å². The zero-order valence-electron chi connectivity index (χ0n) is 17.1. The van der Waals surface area contributed by atoms with E-state index in [1.165, 1.54) is 6.42 Å². The van der Waals surface area contributed by atoms with E-state index in [-0.39, 0.29) is 11.8 Å². The summed E-state index contributed by atoms with van der Waals surface area (Å²) in [6.45, 7) is 7.21. The number of hydrogen-bond acceptors (Lipinski definition) is 4. The van der Waals surface area contributed by atoms with Gasteiger partial charge in [-0.2, -0.15) is 5.10 Å². The summed E-state index contributed by atoms with van der Waals surface area (Å²) in [6.07, 6.45) is 9.05. The number of amides is 1. The monoisotopic (exact) mass is 405 g/mol. The van der Waals surface area contributed by atoms with Gasteiger partial charge in [-0.3, -0.25) is 4.79 Å². The maximum absolute atomic E-state index is 12.5. The van der Waals surface area contributed by atoms with Crippen molar-refractivity contribution >= 4 is 23.3 Å². The van der Waals surface area contributed by atoms with E-state index in [1.54, 1.807) is 6.08 Å². The molecular weight excluding hydrogens is 374 g/mol. The molecule has 1 saturated carbocycles. The van der Waals surface area contributed by atoms with Crippen molar-refractivity contribution in [2.45, 2.75) is 59.4 Å². The molecule has 0 aromatic heterocycles. The third-order valence-electron chi connectivity index (χ3n) is 4.62. The number of nitrogens with zero attached hydrogens (tertiary/aromatic N) is 1. The van der Waals surface area contributed by atoms with Crippen LogP contribution in [0.1, 0.15) is 58.4 Å². The second kappa shape index (κ2) is 11.7. The Kier molecular flexibility index (Phi) is 9.35. The van der Waals surface area contributed by atoms with E-state index >= 15 is 0 Å². The SMILES string of the molecule is C/C=C/C(=N\NCc1cc(Cl)ccc1OCC(C)C)NC(=O)C1CCCCC1. The molecule has 0 radical (unpaired) electrons. The van der Waals surface area contributed by atoms with Crippen LogP contribution in [0.5, 0.6) is 5.75 Å². The number of halogens is 1. The molecule has 2 rings (SSSR count). The van der Waals surface area contributed by atoms with E-state index in [1.807, 2.05) is 31.2 Å². The molecule has 154 valence electrons. The van der Waals surface area contributed by atoms with Gasteiger partial charge in [0.15, 0.2) is 5.84 Å². The van der Waals surface area contributed by atoms with Gasteiger partial charge < -0.3 is 15.5 Å². The van der Waals surface area contributed by atoms with Gasteiger partial charge in [-0.1, -0.05) is 50.8 Å². The summed E-state index contributed by atoms with van der Waals surface area (Å²) < 4.78 is 5.87. The lowest BCUT2D eigenvalue weighted by atomic mass is 9.89. The number of hydrazone groups is 1. The molecule has 1 aliphatic carbocycles. The maximum Gasteiger partial charge on any atom is 0.228 e. The van der Waals surface area contributed by atoms with Gasteiger partial charge in [0, 0.05) is 16.5 Å². The smallest absolute Gasteiger partial charge is 0.228 e. The highest BCUT2D eigenvalue weighted by Crippen LogP contribution is 2.24. The number of carbonyl (C=O) groups is 1. The summed E-state index contributed by atoms with van der Waals surface area (Å²) >= 11 is 6.14. The van der Waals surface area contributed by atoms with Crippen LogP contribution in [0.3, 0.4) is 0 Å². The molecule has 28 heavy (non-hydrogen) atoms. The van der Waals surface area contributed by atoms with E-state index in [0.717, 1.165) is 37.0 Å². The highest BCUT2D eigenvalue weighted by Gasteiger charge is 2.21. The zero-order chi connectivity index (χ0) is 20.4. The van der Waals surface area contributed by atoms with Gasteiger partial charge in [-0.25, -0.2) is 0 Å². The normalized spacial score (nSPS) is 15.8. The lowest BCUT2D eigenvalue weighted by Crippen LogP contribution is -2.36. The summed E-state index contributed by atoms with van der Waals surface area (Å²) in [7, 11) is 0. The quantitative estimate of drug-likeness (QED) is 0.361. The first-order chi connectivity index (χ1) is 13.5. The van der Waals surface area contributed by atoms with Crippen molar-refractivity contribution in [2.75, 3.05) is 6.61 Å². The molecule has 1 amide bonds. The number of benzene rings is 1. The largest absolute Gasteiger partial charge is 0.493 e. The van der Waals surface area contributed by atoms with Crippen LogP contribution >= 0.6 is 11.6 Å². The van der Waals surface area contributed by atoms with Crippen LogP contribution in [0.15, 0.2) is 35.5 Å². The Bertz CT molecular complexity index is 695. The van der Waals surface area contributed by atoms with E-state index in [2.05, 4.69) is 29.7 Å². The minimum Gasteiger partial charge on any atom is -0.493 e. The third-order valence-corrected chi connectivity index (χ3v) is 4.85. The topological polar surface area (TPSA) is 62.7 Å². The minimum absolute atomic E-state index is 0.0575. The molecule has 0 aliphatic heterocycles. The molecule has 0 atom stereocenters. The van der Waals surface area contributed by atoms with E-state index < -0.39 is 0 Å². The Morgan fingerprint density at radius 2 is 2.07 bits per heavy atom. The number of ether oxygens (including phenoxy) is 1. The first-order valence-corrected chi connectivity index (χ1v) is 10.5. The van der Waals surface area contributed by atoms with E-state index in [0.29, 0.717) is 29.9 Å². The summed E-state index contributed by atoms with van der Waals surface area (Å²) in [4.78, 5) is 12.5. The fourth-order valence-electron chi connectivity index (χ4n) is 3.15. The van der Waals surface area contributed by atoms with Crippen LogP contribution in [-0.4, -0.2) is 18.3 Å². The van der Waals surface area contributed by atoms with Crippen molar-refractivity contribution in [3.05, 3.63) is 40.9 Å². The second-order valence-electron chi connectivity index (χ2n) is 7.61. The average Bonchev–Trinajstić information content (AvgIpc) is 2.68. The number of nitrogens with one attached hydrogen (secondary N) is 2.